The third kappa shape index (κ3) is 3.37. The maximum absolute atomic E-state index is 13.9. The van der Waals surface area contributed by atoms with Crippen molar-refractivity contribution < 1.29 is 8.78 Å². The summed E-state index contributed by atoms with van der Waals surface area (Å²) < 4.78 is 27.7. The van der Waals surface area contributed by atoms with Crippen molar-refractivity contribution in [3.8, 4) is 0 Å². The summed E-state index contributed by atoms with van der Waals surface area (Å²) in [5, 5.41) is 3.14. The molecule has 1 nitrogen and oxygen atoms in total. The second-order valence-corrected chi connectivity index (χ2v) is 4.12. The van der Waals surface area contributed by atoms with Crippen LogP contribution in [0, 0.1) is 18.6 Å². The molecular weight excluding hydrogens is 220 g/mol. The van der Waals surface area contributed by atoms with Gasteiger partial charge in [-0.1, -0.05) is 19.1 Å². The zero-order valence-electron chi connectivity index (χ0n) is 10.4. The van der Waals surface area contributed by atoms with Crippen LogP contribution in [0.25, 0.3) is 0 Å². The zero-order chi connectivity index (χ0) is 12.8. The third-order valence-electron chi connectivity index (χ3n) is 2.71. The van der Waals surface area contributed by atoms with Crippen molar-refractivity contribution in [2.24, 2.45) is 0 Å². The number of hydrogen-bond donors (Lipinski definition) is 1. The van der Waals surface area contributed by atoms with Gasteiger partial charge in [-0.2, -0.15) is 0 Å². The summed E-state index contributed by atoms with van der Waals surface area (Å²) >= 11 is 0. The van der Waals surface area contributed by atoms with E-state index in [0.717, 1.165) is 13.0 Å². The molecule has 0 bridgehead atoms. The molecule has 94 valence electrons. The minimum Gasteiger partial charge on any atom is -0.309 e. The van der Waals surface area contributed by atoms with Crippen molar-refractivity contribution in [3.63, 3.8) is 0 Å². The molecule has 0 aliphatic rings. The number of hydrogen-bond acceptors (Lipinski definition) is 1. The number of halogens is 2. The molecule has 1 atom stereocenters. The van der Waals surface area contributed by atoms with Gasteiger partial charge in [-0.15, -0.1) is 6.58 Å². The fourth-order valence-electron chi connectivity index (χ4n) is 1.79. The van der Waals surface area contributed by atoms with Gasteiger partial charge in [0.15, 0.2) is 0 Å². The van der Waals surface area contributed by atoms with Crippen molar-refractivity contribution in [2.45, 2.75) is 32.7 Å². The highest BCUT2D eigenvalue weighted by Crippen LogP contribution is 2.25. The molecule has 1 rings (SSSR count). The lowest BCUT2D eigenvalue weighted by atomic mass is 9.99. The molecule has 0 fully saturated rings. The largest absolute Gasteiger partial charge is 0.309 e. The van der Waals surface area contributed by atoms with E-state index in [9.17, 15) is 8.78 Å². The van der Waals surface area contributed by atoms with E-state index in [1.807, 2.05) is 6.92 Å². The summed E-state index contributed by atoms with van der Waals surface area (Å²) in [6, 6.07) is 2.43. The van der Waals surface area contributed by atoms with E-state index in [2.05, 4.69) is 11.9 Å². The van der Waals surface area contributed by atoms with Crippen molar-refractivity contribution in [3.05, 3.63) is 47.5 Å². The summed E-state index contributed by atoms with van der Waals surface area (Å²) in [6.07, 6.45) is 3.11. The fourth-order valence-corrected chi connectivity index (χ4v) is 1.79. The highest BCUT2D eigenvalue weighted by atomic mass is 19.1. The molecule has 3 heteroatoms. The Morgan fingerprint density at radius 1 is 1.41 bits per heavy atom. The lowest BCUT2D eigenvalue weighted by Crippen LogP contribution is -2.24. The predicted octanol–water partition coefficient (Wildman–Crippen LogP) is 3.89. The van der Waals surface area contributed by atoms with E-state index >= 15 is 0 Å². The molecule has 0 saturated carbocycles. The Morgan fingerprint density at radius 2 is 2.12 bits per heavy atom. The standard InChI is InChI=1S/C14H19F2N/c1-4-6-12(17-9-5-2)13-11(15)8-7-10(3)14(13)16/h4,7-8,12,17H,1,5-6,9H2,2-3H3. The summed E-state index contributed by atoms with van der Waals surface area (Å²) in [4.78, 5) is 0. The van der Waals surface area contributed by atoms with Crippen LogP contribution in [0.4, 0.5) is 8.78 Å². The average Bonchev–Trinajstić information content (AvgIpc) is 2.31. The van der Waals surface area contributed by atoms with Gasteiger partial charge in [0.05, 0.1) is 0 Å². The molecule has 0 heterocycles. The van der Waals surface area contributed by atoms with Crippen molar-refractivity contribution in [1.82, 2.24) is 5.32 Å². The van der Waals surface area contributed by atoms with Crippen molar-refractivity contribution in [2.75, 3.05) is 6.54 Å². The Hall–Kier alpha value is -1.22. The van der Waals surface area contributed by atoms with E-state index in [4.69, 9.17) is 0 Å². The van der Waals surface area contributed by atoms with Crippen LogP contribution in [-0.2, 0) is 0 Å². The Morgan fingerprint density at radius 3 is 2.71 bits per heavy atom. The molecule has 17 heavy (non-hydrogen) atoms. The zero-order valence-corrected chi connectivity index (χ0v) is 10.4. The molecule has 0 saturated heterocycles. The van der Waals surface area contributed by atoms with E-state index in [-0.39, 0.29) is 11.6 Å². The van der Waals surface area contributed by atoms with Gasteiger partial charge >= 0.3 is 0 Å². The van der Waals surface area contributed by atoms with Crippen LogP contribution in [0.2, 0.25) is 0 Å². The molecule has 0 spiro atoms. The molecule has 1 unspecified atom stereocenters. The summed E-state index contributed by atoms with van der Waals surface area (Å²) in [6.45, 7) is 8.02. The van der Waals surface area contributed by atoms with Crippen LogP contribution in [0.3, 0.4) is 0 Å². The fraction of sp³-hybridized carbons (Fsp3) is 0.429. The predicted molar refractivity (Wildman–Crippen MR) is 66.9 cm³/mol. The number of aryl methyl sites for hydroxylation is 1. The van der Waals surface area contributed by atoms with Gasteiger partial charge in [-0.25, -0.2) is 8.78 Å². The van der Waals surface area contributed by atoms with Gasteiger partial charge in [0.2, 0.25) is 0 Å². The van der Waals surface area contributed by atoms with E-state index in [1.54, 1.807) is 13.0 Å². The molecule has 0 radical (unpaired) electrons. The van der Waals surface area contributed by atoms with Gasteiger partial charge in [-0.05, 0) is 37.9 Å². The highest BCUT2D eigenvalue weighted by Gasteiger charge is 2.19. The SMILES string of the molecule is C=CCC(NCCC)c1c(F)ccc(C)c1F. The Labute approximate surface area is 102 Å². The van der Waals surface area contributed by atoms with Crippen LogP contribution in [0.15, 0.2) is 24.8 Å². The van der Waals surface area contributed by atoms with Gasteiger partial charge in [0.25, 0.3) is 0 Å². The smallest absolute Gasteiger partial charge is 0.133 e. The van der Waals surface area contributed by atoms with Gasteiger partial charge in [-0.3, -0.25) is 0 Å². The molecule has 1 aromatic rings. The highest BCUT2D eigenvalue weighted by molar-refractivity contribution is 5.29. The molecule has 0 aliphatic heterocycles. The first kappa shape index (κ1) is 13.8. The Kier molecular flexibility index (Phi) is 5.29. The molecule has 1 N–H and O–H groups in total. The Balaban J connectivity index is 3.07. The summed E-state index contributed by atoms with van der Waals surface area (Å²) in [7, 11) is 0. The number of nitrogens with one attached hydrogen (secondary N) is 1. The third-order valence-corrected chi connectivity index (χ3v) is 2.71. The summed E-state index contributed by atoms with van der Waals surface area (Å²) in [5.74, 6) is -0.955. The van der Waals surface area contributed by atoms with Crippen molar-refractivity contribution >= 4 is 0 Å². The molecule has 0 amide bonds. The van der Waals surface area contributed by atoms with Gasteiger partial charge in [0, 0.05) is 11.6 Å². The number of benzene rings is 1. The van der Waals surface area contributed by atoms with Gasteiger partial charge in [0.1, 0.15) is 11.6 Å². The second kappa shape index (κ2) is 6.50. The minimum absolute atomic E-state index is 0.123. The maximum atomic E-state index is 13.9. The quantitative estimate of drug-likeness (QED) is 0.743. The topological polar surface area (TPSA) is 12.0 Å². The Bertz CT molecular complexity index is 388. The van der Waals surface area contributed by atoms with Crippen LogP contribution < -0.4 is 5.32 Å². The van der Waals surface area contributed by atoms with Crippen LogP contribution >= 0.6 is 0 Å². The molecule has 1 aromatic carbocycles. The average molecular weight is 239 g/mol. The lowest BCUT2D eigenvalue weighted by molar-refractivity contribution is 0.466. The number of rotatable bonds is 6. The van der Waals surface area contributed by atoms with Crippen molar-refractivity contribution in [1.29, 1.82) is 0 Å². The normalized spacial score (nSPS) is 12.5. The van der Waals surface area contributed by atoms with Crippen LogP contribution in [0.1, 0.15) is 36.9 Å². The molecular formula is C14H19F2N. The minimum atomic E-state index is -0.497. The van der Waals surface area contributed by atoms with Gasteiger partial charge < -0.3 is 5.32 Å². The van der Waals surface area contributed by atoms with Crippen LogP contribution in [0.5, 0.6) is 0 Å². The second-order valence-electron chi connectivity index (χ2n) is 4.12. The van der Waals surface area contributed by atoms with E-state index < -0.39 is 11.6 Å². The molecule has 0 aromatic heterocycles. The first-order chi connectivity index (χ1) is 8.11. The molecule has 0 aliphatic carbocycles. The first-order valence-corrected chi connectivity index (χ1v) is 5.90. The van der Waals surface area contributed by atoms with Crippen LogP contribution in [-0.4, -0.2) is 6.54 Å². The lowest BCUT2D eigenvalue weighted by Gasteiger charge is -2.19. The summed E-state index contributed by atoms with van der Waals surface area (Å²) in [5.41, 5.74) is 0.590. The maximum Gasteiger partial charge on any atom is 0.133 e. The monoisotopic (exact) mass is 239 g/mol. The van der Waals surface area contributed by atoms with E-state index in [0.29, 0.717) is 12.0 Å². The first-order valence-electron chi connectivity index (χ1n) is 5.90. The van der Waals surface area contributed by atoms with E-state index in [1.165, 1.54) is 12.1 Å².